The van der Waals surface area contributed by atoms with Crippen molar-refractivity contribution in [3.05, 3.63) is 23.5 Å². The van der Waals surface area contributed by atoms with E-state index in [9.17, 15) is 9.18 Å². The molecule has 0 atom stereocenters. The van der Waals surface area contributed by atoms with Crippen LogP contribution in [0, 0.1) is 5.82 Å². The number of aliphatic hydroxyl groups is 1. The zero-order valence-electron chi connectivity index (χ0n) is 10.6. The maximum Gasteiger partial charge on any atom is 0.340 e. The van der Waals surface area contributed by atoms with Gasteiger partial charge in [0, 0.05) is 13.6 Å². The normalized spacial score (nSPS) is 10.5. The molecule has 4 N–H and O–H groups in total. The van der Waals surface area contributed by atoms with Gasteiger partial charge in [-0.3, -0.25) is 0 Å². The van der Waals surface area contributed by atoms with Crippen LogP contribution in [0.25, 0.3) is 0 Å². The minimum absolute atomic E-state index is 0.0758. The zero-order valence-corrected chi connectivity index (χ0v) is 10.6. The van der Waals surface area contributed by atoms with Crippen molar-refractivity contribution in [1.29, 1.82) is 0 Å². The second kappa shape index (κ2) is 6.91. The first-order valence-corrected chi connectivity index (χ1v) is 5.70. The number of likely N-dealkylation sites (N-methyl/N-ethyl adjacent to an activating group) is 1. The molecule has 0 unspecified atom stereocenters. The molecule has 0 fully saturated rings. The van der Waals surface area contributed by atoms with Crippen LogP contribution in [0.5, 0.6) is 0 Å². The number of ether oxygens (including phenoxy) is 1. The Morgan fingerprint density at radius 2 is 2.16 bits per heavy atom. The Bertz CT molecular complexity index is 454. The van der Waals surface area contributed by atoms with Crippen LogP contribution in [0.4, 0.5) is 15.8 Å². The Balaban J connectivity index is 2.87. The van der Waals surface area contributed by atoms with E-state index in [0.717, 1.165) is 6.07 Å². The maximum absolute atomic E-state index is 13.3. The van der Waals surface area contributed by atoms with Gasteiger partial charge in [-0.1, -0.05) is 0 Å². The predicted octanol–water partition coefficient (Wildman–Crippen LogP) is 0.551. The predicted molar refractivity (Wildman–Crippen MR) is 68.9 cm³/mol. The molecule has 7 heteroatoms. The fourth-order valence-corrected chi connectivity index (χ4v) is 1.61. The third-order valence-electron chi connectivity index (χ3n) is 2.60. The third-order valence-corrected chi connectivity index (χ3v) is 2.60. The van der Waals surface area contributed by atoms with Crippen LogP contribution in [0.1, 0.15) is 10.4 Å². The topological polar surface area (TPSA) is 96.0 Å². The summed E-state index contributed by atoms with van der Waals surface area (Å²) in [6.45, 7) is 0.845. The van der Waals surface area contributed by atoms with E-state index in [2.05, 4.69) is 0 Å². The third kappa shape index (κ3) is 3.80. The number of hydrogen-bond acceptors (Lipinski definition) is 5. The Kier molecular flexibility index (Phi) is 5.53. The van der Waals surface area contributed by atoms with Crippen LogP contribution in [0.3, 0.4) is 0 Å². The van der Waals surface area contributed by atoms with E-state index >= 15 is 0 Å². The van der Waals surface area contributed by atoms with Gasteiger partial charge >= 0.3 is 5.97 Å². The maximum atomic E-state index is 13.3. The van der Waals surface area contributed by atoms with Crippen molar-refractivity contribution in [2.45, 2.75) is 0 Å². The Morgan fingerprint density at radius 1 is 1.47 bits per heavy atom. The van der Waals surface area contributed by atoms with Crippen molar-refractivity contribution in [2.75, 3.05) is 44.0 Å². The molecular weight excluding hydrogens is 255 g/mol. The van der Waals surface area contributed by atoms with Crippen LogP contribution in [0.15, 0.2) is 12.1 Å². The van der Waals surface area contributed by atoms with Crippen LogP contribution in [-0.4, -0.2) is 49.6 Å². The number of benzene rings is 1. The summed E-state index contributed by atoms with van der Waals surface area (Å²) < 4.78 is 18.4. The number of halogens is 1. The fourth-order valence-electron chi connectivity index (χ4n) is 1.61. The summed E-state index contributed by atoms with van der Waals surface area (Å²) in [6, 6.07) is 2.49. The summed E-state index contributed by atoms with van der Waals surface area (Å²) in [7, 11) is 1.65. The van der Waals surface area contributed by atoms with Crippen LogP contribution in [-0.2, 0) is 4.74 Å². The lowest BCUT2D eigenvalue weighted by molar-refractivity contribution is 0.0698. The molecular formula is C12H17FN2O4. The van der Waals surface area contributed by atoms with Gasteiger partial charge in [-0.05, 0) is 12.1 Å². The molecule has 6 nitrogen and oxygen atoms in total. The van der Waals surface area contributed by atoms with Gasteiger partial charge in [0.15, 0.2) is 0 Å². The first-order chi connectivity index (χ1) is 8.99. The largest absolute Gasteiger partial charge is 0.478 e. The van der Waals surface area contributed by atoms with Gasteiger partial charge in [0.25, 0.3) is 0 Å². The van der Waals surface area contributed by atoms with E-state index in [1.54, 1.807) is 11.9 Å². The summed E-state index contributed by atoms with van der Waals surface area (Å²) >= 11 is 0. The number of nitrogens with zero attached hydrogens (tertiary/aromatic N) is 1. The number of carbonyl (C=O) groups is 1. The van der Waals surface area contributed by atoms with Crippen LogP contribution >= 0.6 is 0 Å². The van der Waals surface area contributed by atoms with Gasteiger partial charge < -0.3 is 25.6 Å². The molecule has 106 valence electrons. The van der Waals surface area contributed by atoms with Gasteiger partial charge in [0.2, 0.25) is 0 Å². The summed E-state index contributed by atoms with van der Waals surface area (Å²) in [5.74, 6) is -2.04. The van der Waals surface area contributed by atoms with Crippen molar-refractivity contribution >= 4 is 17.3 Å². The van der Waals surface area contributed by atoms with E-state index in [1.165, 1.54) is 6.07 Å². The number of rotatable bonds is 7. The quantitative estimate of drug-likeness (QED) is 0.495. The molecule has 0 amide bonds. The van der Waals surface area contributed by atoms with Gasteiger partial charge in [0.05, 0.1) is 31.2 Å². The molecule has 0 aromatic heterocycles. The first kappa shape index (κ1) is 15.2. The molecule has 1 aromatic rings. The molecule has 0 saturated carbocycles. The van der Waals surface area contributed by atoms with Crippen molar-refractivity contribution < 1.29 is 24.1 Å². The standard InChI is InChI=1S/C12H17FN2O4/c1-15(4-6-19-7-5-16)9-3-2-8(13)11(14)10(9)12(17)18/h2-3,16H,4-7,14H2,1H3,(H,17,18). The monoisotopic (exact) mass is 272 g/mol. The summed E-state index contributed by atoms with van der Waals surface area (Å²) in [4.78, 5) is 12.7. The van der Waals surface area contributed by atoms with Crippen LogP contribution in [0.2, 0.25) is 0 Å². The second-order valence-corrected chi connectivity index (χ2v) is 3.92. The molecule has 0 spiro atoms. The molecule has 0 saturated heterocycles. The van der Waals surface area contributed by atoms with Crippen LogP contribution < -0.4 is 10.6 Å². The molecule has 0 heterocycles. The number of nitrogen functional groups attached to an aromatic ring is 1. The molecule has 0 bridgehead atoms. The molecule has 0 aliphatic heterocycles. The number of hydrogen-bond donors (Lipinski definition) is 3. The Labute approximate surface area is 110 Å². The summed E-state index contributed by atoms with van der Waals surface area (Å²) in [5.41, 5.74) is 5.13. The average molecular weight is 272 g/mol. The molecule has 0 aliphatic rings. The highest BCUT2D eigenvalue weighted by atomic mass is 19.1. The summed E-state index contributed by atoms with van der Waals surface area (Å²) in [6.07, 6.45) is 0. The molecule has 0 radical (unpaired) electrons. The van der Waals surface area contributed by atoms with Crippen molar-refractivity contribution in [2.24, 2.45) is 0 Å². The van der Waals surface area contributed by atoms with E-state index in [0.29, 0.717) is 18.8 Å². The molecule has 1 rings (SSSR count). The lowest BCUT2D eigenvalue weighted by Crippen LogP contribution is -2.25. The number of carboxylic acids is 1. The lowest BCUT2D eigenvalue weighted by atomic mass is 10.1. The first-order valence-electron chi connectivity index (χ1n) is 5.70. The molecule has 19 heavy (non-hydrogen) atoms. The van der Waals surface area contributed by atoms with Crippen molar-refractivity contribution in [1.82, 2.24) is 0 Å². The number of aliphatic hydroxyl groups excluding tert-OH is 1. The van der Waals surface area contributed by atoms with Gasteiger partial charge in [-0.25, -0.2) is 9.18 Å². The molecule has 0 aliphatic carbocycles. The Morgan fingerprint density at radius 3 is 2.74 bits per heavy atom. The van der Waals surface area contributed by atoms with Crippen molar-refractivity contribution in [3.63, 3.8) is 0 Å². The number of anilines is 2. The number of aromatic carboxylic acids is 1. The van der Waals surface area contributed by atoms with Gasteiger partial charge in [-0.15, -0.1) is 0 Å². The van der Waals surface area contributed by atoms with Crippen molar-refractivity contribution in [3.8, 4) is 0 Å². The van der Waals surface area contributed by atoms with Gasteiger partial charge in [0.1, 0.15) is 11.4 Å². The fraction of sp³-hybridized carbons (Fsp3) is 0.417. The van der Waals surface area contributed by atoms with E-state index < -0.39 is 11.8 Å². The highest BCUT2D eigenvalue weighted by Crippen LogP contribution is 2.27. The van der Waals surface area contributed by atoms with Gasteiger partial charge in [-0.2, -0.15) is 0 Å². The van der Waals surface area contributed by atoms with E-state index in [1.807, 2.05) is 0 Å². The highest BCUT2D eigenvalue weighted by molar-refractivity contribution is 6.00. The lowest BCUT2D eigenvalue weighted by Gasteiger charge is -2.22. The van der Waals surface area contributed by atoms with E-state index in [4.69, 9.17) is 20.7 Å². The second-order valence-electron chi connectivity index (χ2n) is 3.92. The smallest absolute Gasteiger partial charge is 0.340 e. The number of nitrogens with two attached hydrogens (primary N) is 1. The average Bonchev–Trinajstić information content (AvgIpc) is 2.37. The number of carboxylic acid groups (broad SMARTS) is 1. The minimum Gasteiger partial charge on any atom is -0.478 e. The summed E-state index contributed by atoms with van der Waals surface area (Å²) in [5, 5.41) is 17.6. The SMILES string of the molecule is CN(CCOCCO)c1ccc(F)c(N)c1C(=O)O. The molecule has 1 aromatic carbocycles. The zero-order chi connectivity index (χ0) is 14.4. The van der Waals surface area contributed by atoms with E-state index in [-0.39, 0.29) is 24.5 Å². The Hall–Kier alpha value is -1.86. The highest BCUT2D eigenvalue weighted by Gasteiger charge is 2.19. The minimum atomic E-state index is -1.28.